The first-order valence-electron chi connectivity index (χ1n) is 7.14. The van der Waals surface area contributed by atoms with Crippen molar-refractivity contribution in [2.75, 3.05) is 5.32 Å². The average Bonchev–Trinajstić information content (AvgIpc) is 3.31. The number of amides is 2. The number of carbonyl (C=O) groups excluding carboxylic acids is 2. The van der Waals surface area contributed by atoms with Gasteiger partial charge >= 0.3 is 0 Å². The van der Waals surface area contributed by atoms with Gasteiger partial charge in [0.15, 0.2) is 0 Å². The Morgan fingerprint density at radius 3 is 2.57 bits per heavy atom. The molecule has 5 nitrogen and oxygen atoms in total. The molecule has 0 bridgehead atoms. The molecule has 5 heteroatoms. The summed E-state index contributed by atoms with van der Waals surface area (Å²) < 4.78 is 0. The summed E-state index contributed by atoms with van der Waals surface area (Å²) in [4.78, 5) is 23.3. The molecule has 2 amide bonds. The second-order valence-electron chi connectivity index (χ2n) is 5.31. The summed E-state index contributed by atoms with van der Waals surface area (Å²) in [5, 5.41) is 5.65. The van der Waals surface area contributed by atoms with Crippen LogP contribution in [0, 0.1) is 5.92 Å². The third-order valence-electron chi connectivity index (χ3n) is 3.39. The van der Waals surface area contributed by atoms with E-state index in [1.54, 1.807) is 6.08 Å². The van der Waals surface area contributed by atoms with E-state index in [1.807, 2.05) is 24.3 Å². The van der Waals surface area contributed by atoms with E-state index in [4.69, 9.17) is 5.73 Å². The molecule has 0 radical (unpaired) electrons. The van der Waals surface area contributed by atoms with Crippen molar-refractivity contribution in [3.05, 3.63) is 42.5 Å². The molecule has 0 heterocycles. The Balaban J connectivity index is 1.80. The van der Waals surface area contributed by atoms with Crippen LogP contribution >= 0.6 is 0 Å². The van der Waals surface area contributed by atoms with Crippen molar-refractivity contribution in [1.82, 2.24) is 5.32 Å². The lowest BCUT2D eigenvalue weighted by Crippen LogP contribution is -2.39. The molecule has 1 fully saturated rings. The molecular formula is C16H21N3O2. The van der Waals surface area contributed by atoms with Gasteiger partial charge in [-0.1, -0.05) is 18.2 Å². The predicted molar refractivity (Wildman–Crippen MR) is 82.4 cm³/mol. The fourth-order valence-electron chi connectivity index (χ4n) is 1.90. The molecule has 1 aromatic carbocycles. The molecule has 112 valence electrons. The molecule has 1 atom stereocenters. The Morgan fingerprint density at radius 2 is 2.00 bits per heavy atom. The molecule has 0 aliphatic heterocycles. The van der Waals surface area contributed by atoms with Crippen molar-refractivity contribution >= 4 is 17.5 Å². The molecular weight excluding hydrogens is 266 g/mol. The highest BCUT2D eigenvalue weighted by atomic mass is 16.2. The lowest BCUT2D eigenvalue weighted by molar-refractivity contribution is -0.122. The third-order valence-corrected chi connectivity index (χ3v) is 3.39. The van der Waals surface area contributed by atoms with Crippen LogP contribution in [0.1, 0.15) is 24.8 Å². The Kier molecular flexibility index (Phi) is 5.11. The van der Waals surface area contributed by atoms with Crippen molar-refractivity contribution in [1.29, 1.82) is 0 Å². The fourth-order valence-corrected chi connectivity index (χ4v) is 1.90. The van der Waals surface area contributed by atoms with E-state index >= 15 is 0 Å². The van der Waals surface area contributed by atoms with Gasteiger partial charge in [-0.25, -0.2) is 0 Å². The Labute approximate surface area is 124 Å². The molecule has 0 spiro atoms. The van der Waals surface area contributed by atoms with E-state index in [0.29, 0.717) is 13.0 Å². The number of rotatable bonds is 7. The zero-order valence-electron chi connectivity index (χ0n) is 12.0. The van der Waals surface area contributed by atoms with Crippen LogP contribution in [0.25, 0.3) is 0 Å². The van der Waals surface area contributed by atoms with Crippen molar-refractivity contribution in [3.63, 3.8) is 0 Å². The first-order chi connectivity index (χ1) is 10.1. The number of nitrogens with one attached hydrogen (secondary N) is 2. The van der Waals surface area contributed by atoms with Gasteiger partial charge in [-0.2, -0.15) is 0 Å². The van der Waals surface area contributed by atoms with E-state index in [-0.39, 0.29) is 17.7 Å². The van der Waals surface area contributed by atoms with Crippen LogP contribution in [0.15, 0.2) is 36.9 Å². The summed E-state index contributed by atoms with van der Waals surface area (Å²) in [5.74, 6) is 0.0859. The van der Waals surface area contributed by atoms with Gasteiger partial charge in [0, 0.05) is 18.2 Å². The van der Waals surface area contributed by atoms with Crippen LogP contribution in [0.4, 0.5) is 5.69 Å². The maximum atomic E-state index is 11.7. The van der Waals surface area contributed by atoms with Crippen LogP contribution in [-0.4, -0.2) is 17.9 Å². The zero-order chi connectivity index (χ0) is 15.2. The molecule has 1 aromatic rings. The number of anilines is 1. The van der Waals surface area contributed by atoms with Gasteiger partial charge in [-0.3, -0.25) is 9.59 Å². The Bertz CT molecular complexity index is 521. The van der Waals surface area contributed by atoms with Crippen molar-refractivity contribution in [2.24, 2.45) is 11.7 Å². The molecule has 4 N–H and O–H groups in total. The van der Waals surface area contributed by atoms with Crippen molar-refractivity contribution in [2.45, 2.75) is 31.8 Å². The molecule has 1 aliphatic rings. The highest BCUT2D eigenvalue weighted by Gasteiger charge is 2.29. The van der Waals surface area contributed by atoms with E-state index < -0.39 is 6.04 Å². The highest BCUT2D eigenvalue weighted by Crippen LogP contribution is 2.30. The summed E-state index contributed by atoms with van der Waals surface area (Å²) >= 11 is 0. The topological polar surface area (TPSA) is 84.2 Å². The number of carbonyl (C=O) groups is 2. The zero-order valence-corrected chi connectivity index (χ0v) is 12.0. The molecule has 0 saturated heterocycles. The summed E-state index contributed by atoms with van der Waals surface area (Å²) in [6.45, 7) is 3.97. The standard InChI is InChI=1S/C16H21N3O2/c1-2-3-14(17)16(21)18-10-11-4-8-13(9-5-11)19-15(20)12-6-7-12/h2,4-5,8-9,12,14H,1,3,6-7,10,17H2,(H,18,21)(H,19,20). The first kappa shape index (κ1) is 15.3. The van der Waals surface area contributed by atoms with Gasteiger partial charge in [0.2, 0.25) is 11.8 Å². The fraction of sp³-hybridized carbons (Fsp3) is 0.375. The average molecular weight is 287 g/mol. The van der Waals surface area contributed by atoms with Crippen LogP contribution < -0.4 is 16.4 Å². The van der Waals surface area contributed by atoms with Gasteiger partial charge < -0.3 is 16.4 Å². The molecule has 2 rings (SSSR count). The maximum absolute atomic E-state index is 11.7. The van der Waals surface area contributed by atoms with Crippen LogP contribution in [0.5, 0.6) is 0 Å². The normalized spacial score (nSPS) is 15.1. The second kappa shape index (κ2) is 7.04. The molecule has 0 aromatic heterocycles. The molecule has 21 heavy (non-hydrogen) atoms. The number of hydrogen-bond donors (Lipinski definition) is 3. The largest absolute Gasteiger partial charge is 0.351 e. The monoisotopic (exact) mass is 287 g/mol. The van der Waals surface area contributed by atoms with Crippen molar-refractivity contribution in [3.8, 4) is 0 Å². The minimum Gasteiger partial charge on any atom is -0.351 e. The lowest BCUT2D eigenvalue weighted by atomic mass is 10.1. The Morgan fingerprint density at radius 1 is 1.33 bits per heavy atom. The van der Waals surface area contributed by atoms with Gasteiger partial charge in [0.25, 0.3) is 0 Å². The van der Waals surface area contributed by atoms with E-state index in [2.05, 4.69) is 17.2 Å². The van der Waals surface area contributed by atoms with Gasteiger partial charge in [0.05, 0.1) is 6.04 Å². The molecule has 1 aliphatic carbocycles. The van der Waals surface area contributed by atoms with Gasteiger partial charge in [0.1, 0.15) is 0 Å². The predicted octanol–water partition coefficient (Wildman–Crippen LogP) is 1.55. The summed E-state index contributed by atoms with van der Waals surface area (Å²) in [6.07, 6.45) is 4.06. The highest BCUT2D eigenvalue weighted by molar-refractivity contribution is 5.94. The summed E-state index contributed by atoms with van der Waals surface area (Å²) in [6, 6.07) is 6.88. The van der Waals surface area contributed by atoms with Crippen LogP contribution in [0.3, 0.4) is 0 Å². The SMILES string of the molecule is C=CCC(N)C(=O)NCc1ccc(NC(=O)C2CC2)cc1. The summed E-state index contributed by atoms with van der Waals surface area (Å²) in [7, 11) is 0. The minimum absolute atomic E-state index is 0.0893. The smallest absolute Gasteiger partial charge is 0.237 e. The van der Waals surface area contributed by atoms with Crippen LogP contribution in [-0.2, 0) is 16.1 Å². The maximum Gasteiger partial charge on any atom is 0.237 e. The van der Waals surface area contributed by atoms with E-state index in [9.17, 15) is 9.59 Å². The first-order valence-corrected chi connectivity index (χ1v) is 7.14. The van der Waals surface area contributed by atoms with Crippen LogP contribution in [0.2, 0.25) is 0 Å². The van der Waals surface area contributed by atoms with Gasteiger partial charge in [-0.15, -0.1) is 6.58 Å². The molecule has 1 saturated carbocycles. The molecule has 1 unspecified atom stereocenters. The third kappa shape index (κ3) is 4.72. The van der Waals surface area contributed by atoms with E-state index in [1.165, 1.54) is 0 Å². The number of hydrogen-bond acceptors (Lipinski definition) is 3. The minimum atomic E-state index is -0.556. The lowest BCUT2D eigenvalue weighted by Gasteiger charge is -2.11. The quantitative estimate of drug-likeness (QED) is 0.665. The number of nitrogens with two attached hydrogens (primary N) is 1. The Hall–Kier alpha value is -2.14. The van der Waals surface area contributed by atoms with Crippen molar-refractivity contribution < 1.29 is 9.59 Å². The summed E-state index contributed by atoms with van der Waals surface area (Å²) in [5.41, 5.74) is 7.41. The van der Waals surface area contributed by atoms with Gasteiger partial charge in [-0.05, 0) is 37.0 Å². The second-order valence-corrected chi connectivity index (χ2v) is 5.31. The number of benzene rings is 1. The van der Waals surface area contributed by atoms with E-state index in [0.717, 1.165) is 24.1 Å².